The van der Waals surface area contributed by atoms with E-state index < -0.39 is 41.2 Å². The molecule has 1 rings (SSSR count). The third-order valence-electron chi connectivity index (χ3n) is 1.76. The fourth-order valence-corrected chi connectivity index (χ4v) is 1.52. The molecular formula is C9H3ClF8O2. The molecule has 0 aliphatic rings. The zero-order valence-corrected chi connectivity index (χ0v) is 9.71. The van der Waals surface area contributed by atoms with Crippen LogP contribution in [0.2, 0.25) is 5.02 Å². The SMILES string of the molecule is FC(F)Oc1cc(OC(F)(F)F)cc(Cl)c1C(F)(F)F. The van der Waals surface area contributed by atoms with Crippen molar-refractivity contribution in [1.82, 2.24) is 0 Å². The van der Waals surface area contributed by atoms with Crippen LogP contribution >= 0.6 is 11.6 Å². The summed E-state index contributed by atoms with van der Waals surface area (Å²) in [5, 5.41) is -1.27. The maximum Gasteiger partial charge on any atom is 0.573 e. The van der Waals surface area contributed by atoms with Crippen molar-refractivity contribution in [3.05, 3.63) is 22.7 Å². The van der Waals surface area contributed by atoms with E-state index in [2.05, 4.69) is 9.47 Å². The van der Waals surface area contributed by atoms with Crippen LogP contribution in [-0.4, -0.2) is 13.0 Å². The Kier molecular flexibility index (Phi) is 4.57. The van der Waals surface area contributed by atoms with Gasteiger partial charge in [0.15, 0.2) is 0 Å². The minimum absolute atomic E-state index is 0.0222. The van der Waals surface area contributed by atoms with Crippen molar-refractivity contribution >= 4 is 11.6 Å². The number of ether oxygens (including phenoxy) is 2. The Balaban J connectivity index is 3.33. The number of alkyl halides is 8. The minimum atomic E-state index is -5.23. The van der Waals surface area contributed by atoms with E-state index in [0.717, 1.165) is 0 Å². The Hall–Kier alpha value is -1.45. The van der Waals surface area contributed by atoms with Crippen LogP contribution in [0.1, 0.15) is 5.56 Å². The maximum atomic E-state index is 12.6. The van der Waals surface area contributed by atoms with E-state index in [4.69, 9.17) is 11.6 Å². The Labute approximate surface area is 110 Å². The van der Waals surface area contributed by atoms with E-state index in [1.165, 1.54) is 0 Å². The van der Waals surface area contributed by atoms with Gasteiger partial charge in [0.2, 0.25) is 0 Å². The normalized spacial score (nSPS) is 12.7. The second-order valence-corrected chi connectivity index (χ2v) is 3.61. The standard InChI is InChI=1S/C9H3ClF8O2/c10-4-1-3(20-9(16,17)18)2-5(19-7(11)12)6(4)8(13,14)15/h1-2,7H. The van der Waals surface area contributed by atoms with Crippen LogP contribution in [0, 0.1) is 0 Å². The molecule has 0 saturated carbocycles. The molecule has 114 valence electrons. The van der Waals surface area contributed by atoms with Crippen LogP contribution in [0.4, 0.5) is 35.1 Å². The lowest BCUT2D eigenvalue weighted by molar-refractivity contribution is -0.274. The summed E-state index contributed by atoms with van der Waals surface area (Å²) in [6.07, 6.45) is -10.4. The van der Waals surface area contributed by atoms with Gasteiger partial charge >= 0.3 is 19.2 Å². The summed E-state index contributed by atoms with van der Waals surface area (Å²) in [5.41, 5.74) is -1.83. The summed E-state index contributed by atoms with van der Waals surface area (Å²) in [6, 6.07) is 0.213. The van der Waals surface area contributed by atoms with Gasteiger partial charge in [0.25, 0.3) is 0 Å². The minimum Gasteiger partial charge on any atom is -0.434 e. The topological polar surface area (TPSA) is 18.5 Å². The average molecular weight is 331 g/mol. The van der Waals surface area contributed by atoms with Crippen LogP contribution in [0.15, 0.2) is 12.1 Å². The zero-order chi connectivity index (χ0) is 15.7. The van der Waals surface area contributed by atoms with E-state index in [1.54, 1.807) is 0 Å². The lowest BCUT2D eigenvalue weighted by Crippen LogP contribution is -2.18. The van der Waals surface area contributed by atoms with Gasteiger partial charge in [0.1, 0.15) is 17.1 Å². The molecule has 0 aliphatic carbocycles. The quantitative estimate of drug-likeness (QED) is 0.737. The molecule has 11 heteroatoms. The molecule has 0 spiro atoms. The van der Waals surface area contributed by atoms with E-state index in [0.29, 0.717) is 0 Å². The monoisotopic (exact) mass is 330 g/mol. The summed E-state index contributed by atoms with van der Waals surface area (Å²) in [7, 11) is 0. The molecule has 0 atom stereocenters. The van der Waals surface area contributed by atoms with E-state index in [1.807, 2.05) is 0 Å². The van der Waals surface area contributed by atoms with Crippen molar-refractivity contribution < 1.29 is 44.6 Å². The van der Waals surface area contributed by atoms with Crippen molar-refractivity contribution in [2.75, 3.05) is 0 Å². The fraction of sp³-hybridized carbons (Fsp3) is 0.333. The molecule has 0 saturated heterocycles. The van der Waals surface area contributed by atoms with Gasteiger partial charge in [-0.25, -0.2) is 0 Å². The smallest absolute Gasteiger partial charge is 0.434 e. The van der Waals surface area contributed by atoms with Crippen molar-refractivity contribution in [2.24, 2.45) is 0 Å². The van der Waals surface area contributed by atoms with Gasteiger partial charge in [0.05, 0.1) is 5.02 Å². The predicted molar refractivity (Wildman–Crippen MR) is 49.8 cm³/mol. The van der Waals surface area contributed by atoms with Gasteiger partial charge in [0, 0.05) is 12.1 Å². The van der Waals surface area contributed by atoms with Gasteiger partial charge in [-0.2, -0.15) is 22.0 Å². The summed E-state index contributed by atoms with van der Waals surface area (Å²) < 4.78 is 104. The first kappa shape index (κ1) is 16.6. The summed E-state index contributed by atoms with van der Waals surface area (Å²) >= 11 is 5.14. The first-order chi connectivity index (χ1) is 8.90. The third-order valence-corrected chi connectivity index (χ3v) is 2.06. The second-order valence-electron chi connectivity index (χ2n) is 3.20. The highest BCUT2D eigenvalue weighted by Crippen LogP contribution is 2.44. The van der Waals surface area contributed by atoms with Crippen molar-refractivity contribution in [1.29, 1.82) is 0 Å². The van der Waals surface area contributed by atoms with E-state index in [9.17, 15) is 35.1 Å². The van der Waals surface area contributed by atoms with Gasteiger partial charge in [-0.1, -0.05) is 11.6 Å². The Morgan fingerprint density at radius 1 is 1.00 bits per heavy atom. The van der Waals surface area contributed by atoms with Crippen molar-refractivity contribution in [3.63, 3.8) is 0 Å². The molecule has 0 radical (unpaired) electrons. The van der Waals surface area contributed by atoms with E-state index in [-0.39, 0.29) is 12.1 Å². The molecule has 0 fully saturated rings. The highest BCUT2D eigenvalue weighted by Gasteiger charge is 2.39. The number of rotatable bonds is 3. The Bertz CT molecular complexity index is 482. The number of hydrogen-bond donors (Lipinski definition) is 0. The van der Waals surface area contributed by atoms with Crippen molar-refractivity contribution in [2.45, 2.75) is 19.2 Å². The van der Waals surface area contributed by atoms with Gasteiger partial charge in [-0.05, 0) is 0 Å². The van der Waals surface area contributed by atoms with Crippen LogP contribution in [-0.2, 0) is 6.18 Å². The van der Waals surface area contributed by atoms with Gasteiger partial charge < -0.3 is 9.47 Å². The molecule has 20 heavy (non-hydrogen) atoms. The zero-order valence-electron chi connectivity index (χ0n) is 8.95. The molecule has 1 aromatic carbocycles. The fourth-order valence-electron chi connectivity index (χ4n) is 1.21. The molecule has 0 amide bonds. The number of hydrogen-bond acceptors (Lipinski definition) is 2. The highest BCUT2D eigenvalue weighted by molar-refractivity contribution is 6.31. The molecular weight excluding hydrogens is 328 g/mol. The van der Waals surface area contributed by atoms with Crippen LogP contribution in [0.25, 0.3) is 0 Å². The van der Waals surface area contributed by atoms with Gasteiger partial charge in [-0.15, -0.1) is 13.2 Å². The van der Waals surface area contributed by atoms with Gasteiger partial charge in [-0.3, -0.25) is 0 Å². The summed E-state index contributed by atoms with van der Waals surface area (Å²) in [4.78, 5) is 0. The molecule has 0 bridgehead atoms. The van der Waals surface area contributed by atoms with E-state index >= 15 is 0 Å². The van der Waals surface area contributed by atoms with Crippen LogP contribution in [0.5, 0.6) is 11.5 Å². The first-order valence-corrected chi connectivity index (χ1v) is 4.89. The molecule has 0 aliphatic heterocycles. The number of benzene rings is 1. The Morgan fingerprint density at radius 2 is 1.55 bits per heavy atom. The second kappa shape index (κ2) is 5.51. The molecule has 0 heterocycles. The molecule has 0 aromatic heterocycles. The highest BCUT2D eigenvalue weighted by atomic mass is 35.5. The maximum absolute atomic E-state index is 12.6. The Morgan fingerprint density at radius 3 is 1.95 bits per heavy atom. The summed E-state index contributed by atoms with van der Waals surface area (Å²) in [5.74, 6) is -2.79. The molecule has 0 N–H and O–H groups in total. The van der Waals surface area contributed by atoms with Crippen LogP contribution in [0.3, 0.4) is 0 Å². The summed E-state index contributed by atoms with van der Waals surface area (Å²) in [6.45, 7) is -3.69. The largest absolute Gasteiger partial charge is 0.573 e. The predicted octanol–water partition coefficient (Wildman–Crippen LogP) is 4.86. The molecule has 2 nitrogen and oxygen atoms in total. The lowest BCUT2D eigenvalue weighted by Gasteiger charge is -2.17. The van der Waals surface area contributed by atoms with Crippen LogP contribution < -0.4 is 9.47 Å². The molecule has 1 aromatic rings. The molecule has 0 unspecified atom stereocenters. The third kappa shape index (κ3) is 4.58. The number of halogens is 9. The average Bonchev–Trinajstić information content (AvgIpc) is 2.08. The van der Waals surface area contributed by atoms with Crippen molar-refractivity contribution in [3.8, 4) is 11.5 Å². The first-order valence-electron chi connectivity index (χ1n) is 4.51. The lowest BCUT2D eigenvalue weighted by atomic mass is 10.2.